The predicted molar refractivity (Wildman–Crippen MR) is 210 cm³/mol. The molecule has 56 heavy (non-hydrogen) atoms. The average Bonchev–Trinajstić information content (AvgIpc) is 3.23. The van der Waals surface area contributed by atoms with E-state index in [1.54, 1.807) is 0 Å². The largest absolute Gasteiger partial charge is 0.489 e. The Hall–Kier alpha value is -5.14. The highest BCUT2D eigenvalue weighted by molar-refractivity contribution is 5.73. The Bertz CT molecular complexity index is 1550. The number of carbonyl (C=O) groups is 2. The highest BCUT2D eigenvalue weighted by Gasteiger charge is 2.24. The molecule has 2 N–H and O–H groups in total. The molecule has 0 radical (unpaired) electrons. The second-order valence-corrected chi connectivity index (χ2v) is 13.4. The molecule has 12 nitrogen and oxygen atoms in total. The van der Waals surface area contributed by atoms with Gasteiger partial charge in [0.15, 0.2) is 12.6 Å². The van der Waals surface area contributed by atoms with Crippen molar-refractivity contribution in [3.05, 3.63) is 120 Å². The van der Waals surface area contributed by atoms with E-state index in [1.807, 2.05) is 109 Å². The summed E-state index contributed by atoms with van der Waals surface area (Å²) in [7, 11) is 0. The van der Waals surface area contributed by atoms with E-state index in [2.05, 4.69) is 10.6 Å². The predicted octanol–water partition coefficient (Wildman–Crippen LogP) is 6.60. The first-order valence-corrected chi connectivity index (χ1v) is 19.2. The van der Waals surface area contributed by atoms with Crippen LogP contribution >= 0.6 is 0 Å². The van der Waals surface area contributed by atoms with Crippen molar-refractivity contribution in [2.24, 2.45) is 0 Å². The van der Waals surface area contributed by atoms with Gasteiger partial charge >= 0.3 is 0 Å². The highest BCUT2D eigenvalue weighted by atomic mass is 16.7. The summed E-state index contributed by atoms with van der Waals surface area (Å²) in [5.74, 6) is 3.07. The monoisotopic (exact) mass is 770 g/mol. The van der Waals surface area contributed by atoms with Gasteiger partial charge in [-0.25, -0.2) is 0 Å². The van der Waals surface area contributed by atoms with Crippen molar-refractivity contribution in [3.63, 3.8) is 0 Å². The van der Waals surface area contributed by atoms with E-state index in [1.165, 1.54) is 13.8 Å². The molecule has 0 atom stereocenters. The lowest BCUT2D eigenvalue weighted by Crippen LogP contribution is -2.39. The number of nitrogens with one attached hydrogen (secondary N) is 2. The first-order chi connectivity index (χ1) is 27.4. The van der Waals surface area contributed by atoms with Crippen LogP contribution in [0.5, 0.6) is 23.0 Å². The van der Waals surface area contributed by atoms with E-state index in [4.69, 9.17) is 37.9 Å². The SMILES string of the molecule is CC(=O)NCCCC1OCC(Oc2ccc(OCc3ccccc3)cc2)CO1.CC(=O)NCCCC1OCC(Oc2ccc(OCc3ccccc3)cc2)CO1. The zero-order valence-electron chi connectivity index (χ0n) is 32.3. The summed E-state index contributed by atoms with van der Waals surface area (Å²) in [6.07, 6.45) is 2.40. The van der Waals surface area contributed by atoms with Crippen molar-refractivity contribution in [2.45, 2.75) is 77.5 Å². The standard InChI is InChI=1S/2C22H27NO5/c2*1-17(24)23-13-5-8-22-26-15-21(16-27-22)28-20-11-9-19(10-12-20)25-14-18-6-3-2-4-7-18/h2*2-4,6-7,9-12,21-22H,5,8,13-16H2,1H3,(H,23,24). The minimum Gasteiger partial charge on any atom is -0.489 e. The highest BCUT2D eigenvalue weighted by Crippen LogP contribution is 2.23. The van der Waals surface area contributed by atoms with Crippen molar-refractivity contribution in [3.8, 4) is 23.0 Å². The minimum absolute atomic E-state index is 0.0181. The van der Waals surface area contributed by atoms with Gasteiger partial charge in [0.05, 0.1) is 26.4 Å². The maximum absolute atomic E-state index is 10.8. The molecule has 300 valence electrons. The van der Waals surface area contributed by atoms with Crippen molar-refractivity contribution < 1.29 is 47.5 Å². The number of carbonyl (C=O) groups excluding carboxylic acids is 2. The third-order valence-electron chi connectivity index (χ3n) is 8.60. The van der Waals surface area contributed by atoms with Gasteiger partial charge in [-0.2, -0.15) is 0 Å². The van der Waals surface area contributed by atoms with E-state index < -0.39 is 0 Å². The fourth-order valence-corrected chi connectivity index (χ4v) is 5.68. The summed E-state index contributed by atoms with van der Waals surface area (Å²) in [6.45, 7) is 7.30. The van der Waals surface area contributed by atoms with Crippen LogP contribution in [0.3, 0.4) is 0 Å². The second kappa shape index (κ2) is 23.7. The third kappa shape index (κ3) is 16.3. The van der Waals surface area contributed by atoms with Gasteiger partial charge < -0.3 is 48.5 Å². The third-order valence-corrected chi connectivity index (χ3v) is 8.60. The Morgan fingerprint density at radius 1 is 0.518 bits per heavy atom. The van der Waals surface area contributed by atoms with Gasteiger partial charge in [0.2, 0.25) is 11.8 Å². The Labute approximate surface area is 329 Å². The molecule has 2 saturated heterocycles. The number of hydrogen-bond donors (Lipinski definition) is 2. The normalized spacial score (nSPS) is 19.0. The molecule has 0 aromatic heterocycles. The van der Waals surface area contributed by atoms with E-state index in [0.29, 0.717) is 52.7 Å². The molecule has 4 aromatic rings. The average molecular weight is 771 g/mol. The summed E-state index contributed by atoms with van der Waals surface area (Å²) in [6, 6.07) is 35.2. The molecule has 2 aliphatic rings. The van der Waals surface area contributed by atoms with Crippen LogP contribution in [-0.2, 0) is 41.8 Å². The molecular formula is C44H54N2O10. The lowest BCUT2D eigenvalue weighted by Gasteiger charge is -2.29. The van der Waals surface area contributed by atoms with Gasteiger partial charge in [0, 0.05) is 39.8 Å². The van der Waals surface area contributed by atoms with Crippen LogP contribution in [0.4, 0.5) is 0 Å². The van der Waals surface area contributed by atoms with Crippen molar-refractivity contribution in [1.29, 1.82) is 0 Å². The summed E-state index contributed by atoms with van der Waals surface area (Å²) in [5, 5.41) is 5.53. The Kier molecular flexibility index (Phi) is 17.8. The zero-order valence-corrected chi connectivity index (χ0v) is 32.3. The summed E-state index contributed by atoms with van der Waals surface area (Å²) >= 11 is 0. The van der Waals surface area contributed by atoms with Crippen molar-refractivity contribution >= 4 is 11.8 Å². The first-order valence-electron chi connectivity index (χ1n) is 19.2. The van der Waals surface area contributed by atoms with Crippen molar-refractivity contribution in [1.82, 2.24) is 10.6 Å². The van der Waals surface area contributed by atoms with Crippen LogP contribution in [0.2, 0.25) is 0 Å². The fourth-order valence-electron chi connectivity index (χ4n) is 5.68. The Balaban J connectivity index is 0.000000214. The quantitative estimate of drug-likeness (QED) is 0.107. The first kappa shape index (κ1) is 42.0. The summed E-state index contributed by atoms with van der Waals surface area (Å²) in [5.41, 5.74) is 2.26. The van der Waals surface area contributed by atoms with Gasteiger partial charge in [-0.05, 0) is 72.5 Å². The molecule has 2 aliphatic heterocycles. The molecule has 4 aromatic carbocycles. The zero-order chi connectivity index (χ0) is 39.2. The molecule has 2 heterocycles. The van der Waals surface area contributed by atoms with Gasteiger partial charge in [-0.3, -0.25) is 9.59 Å². The molecule has 2 amide bonds. The van der Waals surface area contributed by atoms with E-state index in [-0.39, 0.29) is 36.6 Å². The lowest BCUT2D eigenvalue weighted by atomic mass is 10.2. The van der Waals surface area contributed by atoms with E-state index in [0.717, 1.165) is 59.8 Å². The molecular weight excluding hydrogens is 716 g/mol. The van der Waals surface area contributed by atoms with Gasteiger partial charge in [0.1, 0.15) is 48.4 Å². The van der Waals surface area contributed by atoms with Crippen LogP contribution in [0.1, 0.15) is 50.7 Å². The molecule has 6 rings (SSSR count). The van der Waals surface area contributed by atoms with Crippen LogP contribution in [0, 0.1) is 0 Å². The van der Waals surface area contributed by atoms with Gasteiger partial charge in [-0.15, -0.1) is 0 Å². The summed E-state index contributed by atoms with van der Waals surface area (Å²) in [4.78, 5) is 21.7. The van der Waals surface area contributed by atoms with Gasteiger partial charge in [-0.1, -0.05) is 60.7 Å². The van der Waals surface area contributed by atoms with Crippen LogP contribution in [-0.4, -0.2) is 76.1 Å². The van der Waals surface area contributed by atoms with Crippen LogP contribution in [0.25, 0.3) is 0 Å². The molecule has 0 unspecified atom stereocenters. The van der Waals surface area contributed by atoms with E-state index >= 15 is 0 Å². The molecule has 2 fully saturated rings. The Morgan fingerprint density at radius 2 is 0.857 bits per heavy atom. The van der Waals surface area contributed by atoms with Gasteiger partial charge in [0.25, 0.3) is 0 Å². The number of ether oxygens (including phenoxy) is 8. The Morgan fingerprint density at radius 3 is 1.20 bits per heavy atom. The maximum Gasteiger partial charge on any atom is 0.216 e. The second-order valence-electron chi connectivity index (χ2n) is 13.4. The number of benzene rings is 4. The summed E-state index contributed by atoms with van der Waals surface area (Å²) < 4.78 is 46.2. The number of rotatable bonds is 18. The number of hydrogen-bond acceptors (Lipinski definition) is 10. The number of amides is 2. The van der Waals surface area contributed by atoms with E-state index in [9.17, 15) is 9.59 Å². The topological polar surface area (TPSA) is 132 Å². The molecule has 0 bridgehead atoms. The maximum atomic E-state index is 10.8. The molecule has 0 aliphatic carbocycles. The minimum atomic E-state index is -0.234. The smallest absolute Gasteiger partial charge is 0.216 e. The lowest BCUT2D eigenvalue weighted by molar-refractivity contribution is -0.213. The fraction of sp³-hybridized carbons (Fsp3) is 0.409. The molecule has 12 heteroatoms. The van der Waals surface area contributed by atoms with Crippen molar-refractivity contribution in [2.75, 3.05) is 39.5 Å². The van der Waals surface area contributed by atoms with Crippen LogP contribution in [0.15, 0.2) is 109 Å². The van der Waals surface area contributed by atoms with Crippen LogP contribution < -0.4 is 29.6 Å². The molecule has 0 spiro atoms. The molecule has 0 saturated carbocycles.